The maximum atomic E-state index is 12.7. The normalized spacial score (nSPS) is 26.0. The maximum Gasteiger partial charge on any atom is 0.241 e. The van der Waals surface area contributed by atoms with Gasteiger partial charge in [-0.1, -0.05) is 12.8 Å². The molecule has 0 radical (unpaired) electrons. The molecular weight excluding hydrogens is 372 g/mol. The van der Waals surface area contributed by atoms with Crippen LogP contribution in [0.15, 0.2) is 16.6 Å². The lowest BCUT2D eigenvalue weighted by Gasteiger charge is -2.21. The minimum atomic E-state index is -0.811. The fraction of sp³-hybridized carbons (Fsp3) is 0.556. The van der Waals surface area contributed by atoms with Gasteiger partial charge in [-0.05, 0) is 52.9 Å². The van der Waals surface area contributed by atoms with Crippen molar-refractivity contribution >= 4 is 21.8 Å². The van der Waals surface area contributed by atoms with E-state index in [2.05, 4.69) is 27.3 Å². The molecule has 0 aromatic heterocycles. The van der Waals surface area contributed by atoms with Gasteiger partial charge in [0.2, 0.25) is 5.91 Å². The van der Waals surface area contributed by atoms with E-state index >= 15 is 0 Å². The minimum Gasteiger partial charge on any atom is -0.486 e. The van der Waals surface area contributed by atoms with Crippen molar-refractivity contribution in [1.82, 2.24) is 5.32 Å². The molecule has 2 aliphatic carbocycles. The third-order valence-corrected chi connectivity index (χ3v) is 6.22. The van der Waals surface area contributed by atoms with Crippen LogP contribution in [0.25, 0.3) is 0 Å². The van der Waals surface area contributed by atoms with E-state index in [9.17, 15) is 10.1 Å². The molecule has 0 saturated heterocycles. The van der Waals surface area contributed by atoms with Gasteiger partial charge in [0.25, 0.3) is 0 Å². The van der Waals surface area contributed by atoms with E-state index in [1.807, 2.05) is 12.1 Å². The predicted molar refractivity (Wildman–Crippen MR) is 90.5 cm³/mol. The Bertz CT molecular complexity index is 737. The van der Waals surface area contributed by atoms with Crippen molar-refractivity contribution < 1.29 is 14.3 Å². The Labute approximate surface area is 149 Å². The van der Waals surface area contributed by atoms with Crippen LogP contribution < -0.4 is 14.8 Å². The van der Waals surface area contributed by atoms with Crippen molar-refractivity contribution in [3.63, 3.8) is 0 Å². The molecule has 1 spiro atoms. The number of fused-ring (bicyclic) bond motifs is 1. The summed E-state index contributed by atoms with van der Waals surface area (Å²) in [6.45, 7) is 1.44. The fourth-order valence-corrected chi connectivity index (χ4v) is 4.85. The van der Waals surface area contributed by atoms with Crippen LogP contribution in [0.2, 0.25) is 0 Å². The first-order chi connectivity index (χ1) is 11.6. The standard InChI is InChI=1S/C18H19BrN2O3/c19-13-7-12(8-14-15(13)24-6-5-23-14)9-21-16(22)18(11-20)10-17(18)3-1-2-4-17/h7-8H,1-6,9-10H2,(H,21,22)/t18-/m0/s1. The largest absolute Gasteiger partial charge is 0.486 e. The molecule has 1 heterocycles. The lowest BCUT2D eigenvalue weighted by molar-refractivity contribution is -0.125. The van der Waals surface area contributed by atoms with Gasteiger partial charge >= 0.3 is 0 Å². The zero-order valence-electron chi connectivity index (χ0n) is 13.4. The van der Waals surface area contributed by atoms with E-state index in [4.69, 9.17) is 9.47 Å². The van der Waals surface area contributed by atoms with Crippen LogP contribution in [0.5, 0.6) is 11.5 Å². The number of amides is 1. The summed E-state index contributed by atoms with van der Waals surface area (Å²) in [7, 11) is 0. The number of carbonyl (C=O) groups is 1. The average molecular weight is 391 g/mol. The highest BCUT2D eigenvalue weighted by Crippen LogP contribution is 2.71. The summed E-state index contributed by atoms with van der Waals surface area (Å²) in [4.78, 5) is 12.7. The first-order valence-electron chi connectivity index (χ1n) is 8.38. The van der Waals surface area contributed by atoms with Gasteiger partial charge in [-0.25, -0.2) is 0 Å². The zero-order valence-corrected chi connectivity index (χ0v) is 14.9. The summed E-state index contributed by atoms with van der Waals surface area (Å²) in [6, 6.07) is 6.12. The lowest BCUT2D eigenvalue weighted by Crippen LogP contribution is -2.34. The molecule has 5 nitrogen and oxygen atoms in total. The van der Waals surface area contributed by atoms with Gasteiger partial charge in [0.05, 0.1) is 10.5 Å². The van der Waals surface area contributed by atoms with Gasteiger partial charge in [0, 0.05) is 12.0 Å². The molecule has 3 aliphatic rings. The molecule has 6 heteroatoms. The third kappa shape index (κ3) is 2.29. The number of nitriles is 1. The van der Waals surface area contributed by atoms with Gasteiger partial charge in [-0.2, -0.15) is 5.26 Å². The highest BCUT2D eigenvalue weighted by Gasteiger charge is 2.72. The summed E-state index contributed by atoms with van der Waals surface area (Å²) >= 11 is 3.48. The smallest absolute Gasteiger partial charge is 0.241 e. The van der Waals surface area contributed by atoms with Crippen LogP contribution >= 0.6 is 15.9 Å². The predicted octanol–water partition coefficient (Wildman–Crippen LogP) is 3.31. The molecule has 2 saturated carbocycles. The second-order valence-electron chi connectivity index (χ2n) is 6.97. The summed E-state index contributed by atoms with van der Waals surface area (Å²) in [5.74, 6) is 1.27. The molecule has 1 aliphatic heterocycles. The molecule has 2 fully saturated rings. The Morgan fingerprint density at radius 2 is 2.04 bits per heavy atom. The first kappa shape index (κ1) is 15.8. The molecule has 1 atom stereocenters. The zero-order chi connectivity index (χ0) is 16.8. The Kier molecular flexibility index (Phi) is 3.72. The Hall–Kier alpha value is -1.74. The summed E-state index contributed by atoms with van der Waals surface area (Å²) in [5.41, 5.74) is 0.0574. The quantitative estimate of drug-likeness (QED) is 0.858. The van der Waals surface area contributed by atoms with Gasteiger partial charge in [-0.3, -0.25) is 4.79 Å². The topological polar surface area (TPSA) is 71.4 Å². The van der Waals surface area contributed by atoms with Crippen molar-refractivity contribution in [3.8, 4) is 17.6 Å². The number of nitrogens with zero attached hydrogens (tertiary/aromatic N) is 1. The summed E-state index contributed by atoms with van der Waals surface area (Å²) in [5, 5.41) is 12.6. The van der Waals surface area contributed by atoms with Crippen LogP contribution in [-0.4, -0.2) is 19.1 Å². The molecule has 126 valence electrons. The number of benzene rings is 1. The van der Waals surface area contributed by atoms with Gasteiger partial charge in [0.1, 0.15) is 18.6 Å². The second kappa shape index (κ2) is 5.66. The van der Waals surface area contributed by atoms with E-state index in [0.29, 0.717) is 37.7 Å². The number of hydrogen-bond acceptors (Lipinski definition) is 4. The third-order valence-electron chi connectivity index (χ3n) is 5.63. The van der Waals surface area contributed by atoms with Crippen molar-refractivity contribution in [2.45, 2.75) is 38.6 Å². The molecular formula is C18H19BrN2O3. The lowest BCUT2D eigenvalue weighted by atomic mass is 9.91. The number of halogens is 1. The minimum absolute atomic E-state index is 0.0563. The monoisotopic (exact) mass is 390 g/mol. The molecule has 0 bridgehead atoms. The Morgan fingerprint density at radius 1 is 1.29 bits per heavy atom. The van der Waals surface area contributed by atoms with Crippen LogP contribution in [0.4, 0.5) is 0 Å². The van der Waals surface area contributed by atoms with E-state index in [0.717, 1.165) is 35.7 Å². The molecule has 1 aromatic carbocycles. The second-order valence-corrected chi connectivity index (χ2v) is 7.82. The van der Waals surface area contributed by atoms with E-state index in [-0.39, 0.29) is 11.3 Å². The van der Waals surface area contributed by atoms with Gasteiger partial charge in [-0.15, -0.1) is 0 Å². The molecule has 1 N–H and O–H groups in total. The first-order valence-corrected chi connectivity index (χ1v) is 9.17. The Balaban J connectivity index is 1.47. The highest BCUT2D eigenvalue weighted by atomic mass is 79.9. The maximum absolute atomic E-state index is 12.7. The molecule has 4 rings (SSSR count). The van der Waals surface area contributed by atoms with Gasteiger partial charge in [0.15, 0.2) is 11.5 Å². The van der Waals surface area contributed by atoms with Gasteiger partial charge < -0.3 is 14.8 Å². The number of nitrogens with one attached hydrogen (secondary N) is 1. The van der Waals surface area contributed by atoms with Crippen molar-refractivity contribution in [2.24, 2.45) is 10.8 Å². The van der Waals surface area contributed by atoms with Crippen LogP contribution in [0.1, 0.15) is 37.7 Å². The highest BCUT2D eigenvalue weighted by molar-refractivity contribution is 9.10. The molecule has 1 aromatic rings. The van der Waals surface area contributed by atoms with E-state index in [1.54, 1.807) is 0 Å². The molecule has 0 unspecified atom stereocenters. The van der Waals surface area contributed by atoms with Crippen LogP contribution in [0, 0.1) is 22.2 Å². The molecule has 1 amide bonds. The van der Waals surface area contributed by atoms with Crippen molar-refractivity contribution in [3.05, 3.63) is 22.2 Å². The SMILES string of the molecule is N#C[C@]1(C(=O)NCc2cc(Br)c3c(c2)OCCO3)CC12CCCC2. The van der Waals surface area contributed by atoms with Crippen molar-refractivity contribution in [1.29, 1.82) is 5.26 Å². The number of carbonyl (C=O) groups excluding carboxylic acids is 1. The van der Waals surface area contributed by atoms with Crippen LogP contribution in [-0.2, 0) is 11.3 Å². The van der Waals surface area contributed by atoms with E-state index < -0.39 is 5.41 Å². The number of hydrogen-bond donors (Lipinski definition) is 1. The summed E-state index contributed by atoms with van der Waals surface area (Å²) < 4.78 is 12.0. The number of ether oxygens (including phenoxy) is 2. The summed E-state index contributed by atoms with van der Waals surface area (Å²) in [6.07, 6.45) is 4.98. The number of rotatable bonds is 3. The fourth-order valence-electron chi connectivity index (χ4n) is 4.25. The molecule has 24 heavy (non-hydrogen) atoms. The van der Waals surface area contributed by atoms with E-state index in [1.165, 1.54) is 0 Å². The Morgan fingerprint density at radius 3 is 2.79 bits per heavy atom. The van der Waals surface area contributed by atoms with Crippen LogP contribution in [0.3, 0.4) is 0 Å². The average Bonchev–Trinajstić information content (AvgIpc) is 2.98. The van der Waals surface area contributed by atoms with Crippen molar-refractivity contribution in [2.75, 3.05) is 13.2 Å².